The number of nitrogens with one attached hydrogen (secondary N) is 1. The zero-order valence-electron chi connectivity index (χ0n) is 13.7. The number of ether oxygens (including phenoxy) is 1. The molecule has 0 aromatic heterocycles. The van der Waals surface area contributed by atoms with E-state index in [4.69, 9.17) is 9.84 Å². The number of allylic oxidation sites excluding steroid dienone is 6. The van der Waals surface area contributed by atoms with Crippen molar-refractivity contribution in [2.75, 3.05) is 13.2 Å². The van der Waals surface area contributed by atoms with Crippen LogP contribution in [0.4, 0.5) is 13.2 Å². The summed E-state index contributed by atoms with van der Waals surface area (Å²) < 4.78 is 41.8. The Morgan fingerprint density at radius 3 is 2.69 bits per heavy atom. The van der Waals surface area contributed by atoms with E-state index in [1.54, 1.807) is 41.8 Å². The van der Waals surface area contributed by atoms with Crippen molar-refractivity contribution in [3.63, 3.8) is 0 Å². The van der Waals surface area contributed by atoms with Crippen LogP contribution in [-0.4, -0.2) is 53.8 Å². The van der Waals surface area contributed by atoms with Crippen LogP contribution in [0, 0.1) is 11.8 Å². The molecular weight excluding hydrogens is 351 g/mol. The fourth-order valence-electron chi connectivity index (χ4n) is 2.40. The molecule has 0 saturated carbocycles. The third-order valence-electron chi connectivity index (χ3n) is 3.73. The van der Waals surface area contributed by atoms with Crippen LogP contribution >= 0.6 is 0 Å². The van der Waals surface area contributed by atoms with Crippen molar-refractivity contribution in [3.05, 3.63) is 47.6 Å². The highest BCUT2D eigenvalue weighted by Crippen LogP contribution is 2.27. The highest BCUT2D eigenvalue weighted by Gasteiger charge is 2.38. The van der Waals surface area contributed by atoms with Crippen molar-refractivity contribution >= 4 is 5.91 Å². The van der Waals surface area contributed by atoms with Crippen LogP contribution in [0.3, 0.4) is 0 Å². The maximum absolute atomic E-state index is 12.1. The van der Waals surface area contributed by atoms with E-state index in [0.29, 0.717) is 12.0 Å². The van der Waals surface area contributed by atoms with Gasteiger partial charge in [-0.25, -0.2) is 0 Å². The number of carbonyl (C=O) groups excluding carboxylic acids is 1. The van der Waals surface area contributed by atoms with Crippen LogP contribution < -0.4 is 5.32 Å². The van der Waals surface area contributed by atoms with Gasteiger partial charge in [0.15, 0.2) is 0 Å². The smallest absolute Gasteiger partial charge is 0.394 e. The number of rotatable bonds is 3. The highest BCUT2D eigenvalue weighted by atomic mass is 19.4. The number of aliphatic hydroxyl groups is 2. The van der Waals surface area contributed by atoms with Gasteiger partial charge in [0.2, 0.25) is 0 Å². The molecule has 1 fully saturated rings. The normalized spacial score (nSPS) is 32.0. The first-order chi connectivity index (χ1) is 12.3. The number of alkyl halides is 3. The number of hydrogen-bond donors (Lipinski definition) is 3. The van der Waals surface area contributed by atoms with Gasteiger partial charge in [-0.3, -0.25) is 4.79 Å². The Labute approximate surface area is 148 Å². The molecule has 5 nitrogen and oxygen atoms in total. The maximum atomic E-state index is 12.1. The summed E-state index contributed by atoms with van der Waals surface area (Å²) in [4.78, 5) is 10.7. The molecule has 8 heteroatoms. The van der Waals surface area contributed by atoms with Crippen molar-refractivity contribution < 1.29 is 32.9 Å². The Hall–Kier alpha value is -2.34. The first-order valence-corrected chi connectivity index (χ1v) is 7.86. The van der Waals surface area contributed by atoms with E-state index in [1.165, 1.54) is 0 Å². The van der Waals surface area contributed by atoms with Gasteiger partial charge in [-0.05, 0) is 17.7 Å². The van der Waals surface area contributed by atoms with Crippen molar-refractivity contribution in [1.29, 1.82) is 0 Å². The second-order valence-corrected chi connectivity index (χ2v) is 5.64. The average Bonchev–Trinajstić information content (AvgIpc) is 2.93. The Bertz CT molecular complexity index is 710. The number of halogens is 3. The summed E-state index contributed by atoms with van der Waals surface area (Å²) in [5, 5.41) is 20.6. The number of amides is 1. The van der Waals surface area contributed by atoms with Gasteiger partial charge in [0.1, 0.15) is 6.10 Å². The Kier molecular flexibility index (Phi) is 6.80. The van der Waals surface area contributed by atoms with Crippen LogP contribution in [0.25, 0.3) is 0 Å². The van der Waals surface area contributed by atoms with Gasteiger partial charge in [-0.1, -0.05) is 36.1 Å². The van der Waals surface area contributed by atoms with Crippen molar-refractivity contribution in [3.8, 4) is 11.8 Å². The quantitative estimate of drug-likeness (QED) is 0.653. The SMILES string of the molecule is O=C(NCC#CC1=C/C=C\C=C([C@H]2C[C@@H](O)[C@@H](CO)O2)/C=C\1)C(F)(F)F. The van der Waals surface area contributed by atoms with E-state index in [9.17, 15) is 23.1 Å². The molecule has 0 aromatic rings. The Morgan fingerprint density at radius 2 is 2.04 bits per heavy atom. The minimum atomic E-state index is -4.93. The predicted octanol–water partition coefficient (Wildman–Crippen LogP) is 1.16. The van der Waals surface area contributed by atoms with Crippen molar-refractivity contribution in [2.24, 2.45) is 0 Å². The minimum absolute atomic E-state index is 0.273. The topological polar surface area (TPSA) is 78.8 Å². The standard InChI is InChI=1S/C18H18F3NO4/c19-18(20,21)17(25)22-9-3-5-12-4-1-2-6-13(8-7-12)15-10-14(24)16(11-23)26-15/h1-2,4,6-8,14-16,23-24H,9-11H2,(H,22,25)/b2-1-,4-1?,6-2?,8-7-,12-4-,12-7?,13-6+,13-8?/t14-,15-,16-/m1/s1. The summed E-state index contributed by atoms with van der Waals surface area (Å²) in [6.07, 6.45) is 3.99. The lowest BCUT2D eigenvalue weighted by molar-refractivity contribution is -0.173. The van der Waals surface area contributed by atoms with Gasteiger partial charge in [0.05, 0.1) is 25.4 Å². The van der Waals surface area contributed by atoms with Crippen LogP contribution in [0.5, 0.6) is 0 Å². The van der Waals surface area contributed by atoms with E-state index in [2.05, 4.69) is 11.8 Å². The molecule has 2 aliphatic rings. The van der Waals surface area contributed by atoms with Gasteiger partial charge in [0, 0.05) is 12.0 Å². The second kappa shape index (κ2) is 8.85. The lowest BCUT2D eigenvalue weighted by Gasteiger charge is -2.13. The zero-order valence-corrected chi connectivity index (χ0v) is 13.7. The van der Waals surface area contributed by atoms with Gasteiger partial charge in [-0.2, -0.15) is 13.2 Å². The summed E-state index contributed by atoms with van der Waals surface area (Å²) in [5.41, 5.74) is 1.30. The lowest BCUT2D eigenvalue weighted by atomic mass is 10.0. The molecule has 3 N–H and O–H groups in total. The molecule has 1 amide bonds. The summed E-state index contributed by atoms with van der Waals surface area (Å²) in [6, 6.07) is 0. The molecule has 3 atom stereocenters. The zero-order chi connectivity index (χ0) is 19.2. The second-order valence-electron chi connectivity index (χ2n) is 5.64. The van der Waals surface area contributed by atoms with Crippen LogP contribution in [0.15, 0.2) is 47.6 Å². The molecular formula is C18H18F3NO4. The van der Waals surface area contributed by atoms with Gasteiger partial charge >= 0.3 is 12.1 Å². The molecule has 1 heterocycles. The lowest BCUT2D eigenvalue weighted by Crippen LogP contribution is -2.36. The molecule has 0 radical (unpaired) electrons. The molecule has 26 heavy (non-hydrogen) atoms. The molecule has 140 valence electrons. The van der Waals surface area contributed by atoms with Crippen molar-refractivity contribution in [1.82, 2.24) is 5.32 Å². The molecule has 0 aromatic carbocycles. The Morgan fingerprint density at radius 1 is 1.31 bits per heavy atom. The monoisotopic (exact) mass is 369 g/mol. The number of carbonyl (C=O) groups is 1. The molecule has 2 rings (SSSR count). The van der Waals surface area contributed by atoms with E-state index < -0.39 is 30.8 Å². The largest absolute Gasteiger partial charge is 0.471 e. The fraction of sp³-hybridized carbons (Fsp3) is 0.389. The average molecular weight is 369 g/mol. The molecule has 0 unspecified atom stereocenters. The summed E-state index contributed by atoms with van der Waals surface area (Å²) in [5.74, 6) is 3.09. The number of aliphatic hydroxyl groups excluding tert-OH is 2. The molecule has 1 aliphatic carbocycles. The minimum Gasteiger partial charge on any atom is -0.394 e. The van der Waals surface area contributed by atoms with Gasteiger partial charge in [-0.15, -0.1) is 0 Å². The van der Waals surface area contributed by atoms with Crippen molar-refractivity contribution in [2.45, 2.75) is 30.9 Å². The van der Waals surface area contributed by atoms with Crippen LogP contribution in [0.2, 0.25) is 0 Å². The van der Waals surface area contributed by atoms with Gasteiger partial charge < -0.3 is 20.3 Å². The van der Waals surface area contributed by atoms with Crippen LogP contribution in [0.1, 0.15) is 6.42 Å². The highest BCUT2D eigenvalue weighted by molar-refractivity contribution is 5.81. The van der Waals surface area contributed by atoms with E-state index in [1.807, 2.05) is 0 Å². The Balaban J connectivity index is 1.96. The maximum Gasteiger partial charge on any atom is 0.471 e. The molecule has 0 spiro atoms. The van der Waals surface area contributed by atoms with E-state index in [0.717, 1.165) is 5.57 Å². The first kappa shape index (κ1) is 20.0. The van der Waals surface area contributed by atoms with E-state index in [-0.39, 0.29) is 12.7 Å². The summed E-state index contributed by atoms with van der Waals surface area (Å²) >= 11 is 0. The summed E-state index contributed by atoms with van der Waals surface area (Å²) in [7, 11) is 0. The van der Waals surface area contributed by atoms with E-state index >= 15 is 0 Å². The van der Waals surface area contributed by atoms with Crippen LogP contribution in [-0.2, 0) is 9.53 Å². The molecule has 1 aliphatic heterocycles. The molecule has 1 saturated heterocycles. The molecule has 0 bridgehead atoms. The third kappa shape index (κ3) is 5.59. The predicted molar refractivity (Wildman–Crippen MR) is 87.7 cm³/mol. The first-order valence-electron chi connectivity index (χ1n) is 7.86. The summed E-state index contributed by atoms with van der Waals surface area (Å²) in [6.45, 7) is -0.698. The third-order valence-corrected chi connectivity index (χ3v) is 3.73. The van der Waals surface area contributed by atoms with Gasteiger partial charge in [0.25, 0.3) is 0 Å². The number of hydrogen-bond acceptors (Lipinski definition) is 4. The fourth-order valence-corrected chi connectivity index (χ4v) is 2.40.